The Labute approximate surface area is 123 Å². The Hall–Kier alpha value is -1.07. The van der Waals surface area contributed by atoms with Gasteiger partial charge in [0.15, 0.2) is 0 Å². The van der Waals surface area contributed by atoms with Crippen molar-refractivity contribution in [2.75, 3.05) is 13.1 Å². The summed E-state index contributed by atoms with van der Waals surface area (Å²) in [5.41, 5.74) is 0.742. The van der Waals surface area contributed by atoms with Crippen molar-refractivity contribution in [1.82, 2.24) is 10.6 Å². The van der Waals surface area contributed by atoms with E-state index in [9.17, 15) is 4.79 Å². The van der Waals surface area contributed by atoms with Gasteiger partial charge in [0.05, 0.1) is 0 Å². The van der Waals surface area contributed by atoms with Crippen LogP contribution in [0.5, 0.6) is 0 Å². The van der Waals surface area contributed by atoms with Gasteiger partial charge in [-0.15, -0.1) is 0 Å². The molecule has 0 spiro atoms. The molecular formula is C14H21BrN2O2. The molecular weight excluding hydrogens is 308 g/mol. The van der Waals surface area contributed by atoms with Crippen molar-refractivity contribution in [3.05, 3.63) is 34.3 Å². The first-order valence-electron chi connectivity index (χ1n) is 6.29. The Morgan fingerprint density at radius 1 is 1.26 bits per heavy atom. The molecule has 1 rings (SSSR count). The first-order chi connectivity index (χ1) is 8.88. The van der Waals surface area contributed by atoms with Gasteiger partial charge in [-0.25, -0.2) is 4.79 Å². The maximum atomic E-state index is 11.4. The summed E-state index contributed by atoms with van der Waals surface area (Å²) < 4.78 is 6.22. The number of nitrogens with one attached hydrogen (secondary N) is 2. The summed E-state index contributed by atoms with van der Waals surface area (Å²) in [6, 6.07) is 8.05. The maximum Gasteiger partial charge on any atom is 0.407 e. The van der Waals surface area contributed by atoms with E-state index in [-0.39, 0.29) is 6.09 Å². The lowest BCUT2D eigenvalue weighted by Crippen LogP contribution is -2.36. The number of hydrogen-bond donors (Lipinski definition) is 2. The molecule has 0 unspecified atom stereocenters. The molecule has 0 heterocycles. The molecule has 0 aromatic heterocycles. The highest BCUT2D eigenvalue weighted by atomic mass is 79.9. The molecule has 0 aliphatic rings. The molecule has 0 saturated heterocycles. The van der Waals surface area contributed by atoms with Crippen LogP contribution >= 0.6 is 15.9 Å². The molecule has 0 atom stereocenters. The number of benzene rings is 1. The fourth-order valence-electron chi connectivity index (χ4n) is 1.43. The van der Waals surface area contributed by atoms with Crippen LogP contribution in [-0.2, 0) is 11.3 Å². The summed E-state index contributed by atoms with van der Waals surface area (Å²) in [5.74, 6) is 0. The first kappa shape index (κ1) is 16.0. The highest BCUT2D eigenvalue weighted by Crippen LogP contribution is 2.15. The third-order valence-corrected chi connectivity index (χ3v) is 3.02. The number of amides is 1. The minimum Gasteiger partial charge on any atom is -0.444 e. The summed E-state index contributed by atoms with van der Waals surface area (Å²) in [7, 11) is 0. The van der Waals surface area contributed by atoms with Gasteiger partial charge < -0.3 is 15.4 Å². The lowest BCUT2D eigenvalue weighted by atomic mass is 10.2. The van der Waals surface area contributed by atoms with Crippen molar-refractivity contribution >= 4 is 22.0 Å². The van der Waals surface area contributed by atoms with Gasteiger partial charge in [0.1, 0.15) is 5.60 Å². The third kappa shape index (κ3) is 7.18. The predicted octanol–water partition coefficient (Wildman–Crippen LogP) is 3.06. The SMILES string of the molecule is CC(C)(C)OC(=O)NCCNCc1ccccc1Br. The van der Waals surface area contributed by atoms with Gasteiger partial charge >= 0.3 is 6.09 Å². The fraction of sp³-hybridized carbons (Fsp3) is 0.500. The van der Waals surface area contributed by atoms with Crippen LogP contribution in [0.15, 0.2) is 28.7 Å². The largest absolute Gasteiger partial charge is 0.444 e. The van der Waals surface area contributed by atoms with Crippen molar-refractivity contribution in [2.45, 2.75) is 32.9 Å². The predicted molar refractivity (Wildman–Crippen MR) is 80.1 cm³/mol. The van der Waals surface area contributed by atoms with Crippen LogP contribution in [0.2, 0.25) is 0 Å². The first-order valence-corrected chi connectivity index (χ1v) is 7.09. The summed E-state index contributed by atoms with van der Waals surface area (Å²) >= 11 is 3.49. The van der Waals surface area contributed by atoms with E-state index in [1.165, 1.54) is 5.56 Å². The van der Waals surface area contributed by atoms with Crippen LogP contribution < -0.4 is 10.6 Å². The lowest BCUT2D eigenvalue weighted by molar-refractivity contribution is 0.0528. The zero-order chi connectivity index (χ0) is 14.3. The Bertz CT molecular complexity index is 416. The quantitative estimate of drug-likeness (QED) is 0.817. The summed E-state index contributed by atoms with van der Waals surface area (Å²) in [6.45, 7) is 7.53. The number of carbonyl (C=O) groups excluding carboxylic acids is 1. The highest BCUT2D eigenvalue weighted by molar-refractivity contribution is 9.10. The maximum absolute atomic E-state index is 11.4. The molecule has 0 radical (unpaired) electrons. The van der Waals surface area contributed by atoms with E-state index in [4.69, 9.17) is 4.74 Å². The summed E-state index contributed by atoms with van der Waals surface area (Å²) in [6.07, 6.45) is -0.379. The van der Waals surface area contributed by atoms with E-state index in [1.807, 2.05) is 39.0 Å². The molecule has 1 aromatic carbocycles. The fourth-order valence-corrected chi connectivity index (χ4v) is 1.86. The average molecular weight is 329 g/mol. The Balaban J connectivity index is 2.15. The summed E-state index contributed by atoms with van der Waals surface area (Å²) in [5, 5.41) is 5.97. The average Bonchev–Trinajstić information content (AvgIpc) is 2.28. The summed E-state index contributed by atoms with van der Waals surface area (Å²) in [4.78, 5) is 11.4. The van der Waals surface area contributed by atoms with Crippen LogP contribution in [0.3, 0.4) is 0 Å². The van der Waals surface area contributed by atoms with Crippen molar-refractivity contribution in [3.63, 3.8) is 0 Å². The van der Waals surface area contributed by atoms with Crippen LogP contribution in [0, 0.1) is 0 Å². The second-order valence-corrected chi connectivity index (χ2v) is 6.05. The van der Waals surface area contributed by atoms with Gasteiger partial charge in [-0.05, 0) is 32.4 Å². The molecule has 0 fully saturated rings. The van der Waals surface area contributed by atoms with Crippen molar-refractivity contribution in [2.24, 2.45) is 0 Å². The van der Waals surface area contributed by atoms with Crippen LogP contribution in [0.4, 0.5) is 4.79 Å². The molecule has 1 amide bonds. The molecule has 0 aliphatic heterocycles. The van der Waals surface area contributed by atoms with Crippen LogP contribution in [-0.4, -0.2) is 24.8 Å². The van der Waals surface area contributed by atoms with E-state index >= 15 is 0 Å². The normalized spacial score (nSPS) is 11.2. The van der Waals surface area contributed by atoms with E-state index < -0.39 is 5.60 Å². The number of halogens is 1. The number of hydrogen-bond acceptors (Lipinski definition) is 3. The molecule has 106 valence electrons. The highest BCUT2D eigenvalue weighted by Gasteiger charge is 2.15. The number of carbonyl (C=O) groups is 1. The van der Waals surface area contributed by atoms with E-state index in [1.54, 1.807) is 0 Å². The van der Waals surface area contributed by atoms with Gasteiger partial charge in [-0.3, -0.25) is 0 Å². The Kier molecular flexibility index (Phi) is 6.31. The molecule has 0 bridgehead atoms. The van der Waals surface area contributed by atoms with Gasteiger partial charge in [-0.2, -0.15) is 0 Å². The second-order valence-electron chi connectivity index (χ2n) is 5.20. The van der Waals surface area contributed by atoms with Crippen LogP contribution in [0.1, 0.15) is 26.3 Å². The van der Waals surface area contributed by atoms with Gasteiger partial charge in [0.2, 0.25) is 0 Å². The second kappa shape index (κ2) is 7.50. The molecule has 2 N–H and O–H groups in total. The standard InChI is InChI=1S/C14H21BrN2O2/c1-14(2,3)19-13(18)17-9-8-16-10-11-6-4-5-7-12(11)15/h4-7,16H,8-10H2,1-3H3,(H,17,18). The molecule has 4 nitrogen and oxygen atoms in total. The molecule has 19 heavy (non-hydrogen) atoms. The van der Waals surface area contributed by atoms with E-state index in [0.29, 0.717) is 13.1 Å². The zero-order valence-electron chi connectivity index (χ0n) is 11.6. The van der Waals surface area contributed by atoms with E-state index in [0.717, 1.165) is 11.0 Å². The van der Waals surface area contributed by atoms with Crippen molar-refractivity contribution in [3.8, 4) is 0 Å². The zero-order valence-corrected chi connectivity index (χ0v) is 13.2. The number of ether oxygens (including phenoxy) is 1. The molecule has 0 aliphatic carbocycles. The molecule has 1 aromatic rings. The van der Waals surface area contributed by atoms with Crippen molar-refractivity contribution in [1.29, 1.82) is 0 Å². The molecule has 0 saturated carbocycles. The minimum absolute atomic E-state index is 0.379. The monoisotopic (exact) mass is 328 g/mol. The van der Waals surface area contributed by atoms with Crippen LogP contribution in [0.25, 0.3) is 0 Å². The molecule has 5 heteroatoms. The van der Waals surface area contributed by atoms with Crippen molar-refractivity contribution < 1.29 is 9.53 Å². The smallest absolute Gasteiger partial charge is 0.407 e. The van der Waals surface area contributed by atoms with Gasteiger partial charge in [0, 0.05) is 24.1 Å². The van der Waals surface area contributed by atoms with Gasteiger partial charge in [-0.1, -0.05) is 34.1 Å². The van der Waals surface area contributed by atoms with E-state index in [2.05, 4.69) is 32.6 Å². The Morgan fingerprint density at radius 3 is 2.58 bits per heavy atom. The minimum atomic E-state index is -0.452. The Morgan fingerprint density at radius 2 is 1.95 bits per heavy atom. The number of rotatable bonds is 5. The topological polar surface area (TPSA) is 50.4 Å². The van der Waals surface area contributed by atoms with Gasteiger partial charge in [0.25, 0.3) is 0 Å². The third-order valence-electron chi connectivity index (χ3n) is 2.24. The number of alkyl carbamates (subject to hydrolysis) is 1. The lowest BCUT2D eigenvalue weighted by Gasteiger charge is -2.19.